The fourth-order valence-electron chi connectivity index (χ4n) is 2.51. The molecular formula is C20H19Cl2N5O. The molecule has 0 spiro atoms. The molecule has 144 valence electrons. The van der Waals surface area contributed by atoms with Crippen LogP contribution < -0.4 is 10.6 Å². The maximum Gasteiger partial charge on any atom is 0.315 e. The van der Waals surface area contributed by atoms with Crippen molar-refractivity contribution in [3.05, 3.63) is 82.2 Å². The molecule has 0 fully saturated rings. The van der Waals surface area contributed by atoms with Gasteiger partial charge in [0.1, 0.15) is 0 Å². The molecule has 0 aliphatic heterocycles. The van der Waals surface area contributed by atoms with E-state index in [0.717, 1.165) is 22.8 Å². The fourth-order valence-corrected chi connectivity index (χ4v) is 2.83. The van der Waals surface area contributed by atoms with Crippen molar-refractivity contribution in [2.24, 2.45) is 0 Å². The Labute approximate surface area is 173 Å². The number of hydrogen-bond acceptors (Lipinski definition) is 3. The number of urea groups is 1. The largest absolute Gasteiger partial charge is 0.338 e. The topological polar surface area (TPSA) is 71.8 Å². The van der Waals surface area contributed by atoms with Gasteiger partial charge in [0.15, 0.2) is 5.82 Å². The monoisotopic (exact) mass is 415 g/mol. The molecule has 2 N–H and O–H groups in total. The molecule has 3 rings (SSSR count). The number of nitrogens with one attached hydrogen (secondary N) is 2. The highest BCUT2D eigenvalue weighted by atomic mass is 35.5. The van der Waals surface area contributed by atoms with E-state index >= 15 is 0 Å². The Balaban J connectivity index is 1.47. The Kier molecular flexibility index (Phi) is 6.68. The maximum atomic E-state index is 12.0. The van der Waals surface area contributed by atoms with Gasteiger partial charge in [-0.3, -0.25) is 0 Å². The molecule has 6 nitrogen and oxygen atoms in total. The van der Waals surface area contributed by atoms with Crippen molar-refractivity contribution in [3.8, 4) is 5.82 Å². The first kappa shape index (κ1) is 19.9. The maximum absolute atomic E-state index is 12.0. The van der Waals surface area contributed by atoms with Crippen LogP contribution in [0.4, 0.5) is 4.79 Å². The van der Waals surface area contributed by atoms with Crippen LogP contribution in [0.3, 0.4) is 0 Å². The second kappa shape index (κ2) is 9.39. The molecular weight excluding hydrogens is 397 g/mol. The van der Waals surface area contributed by atoms with E-state index in [1.165, 1.54) is 0 Å². The molecule has 0 aliphatic rings. The zero-order valence-corrected chi connectivity index (χ0v) is 16.5. The molecule has 0 saturated heterocycles. The Morgan fingerprint density at radius 1 is 1.14 bits per heavy atom. The lowest BCUT2D eigenvalue weighted by atomic mass is 10.2. The number of aromatic nitrogens is 3. The number of hydrogen-bond donors (Lipinski definition) is 2. The van der Waals surface area contributed by atoms with Gasteiger partial charge in [0, 0.05) is 31.4 Å². The van der Waals surface area contributed by atoms with Crippen molar-refractivity contribution in [2.45, 2.75) is 13.0 Å². The van der Waals surface area contributed by atoms with Crippen molar-refractivity contribution in [2.75, 3.05) is 6.54 Å². The third kappa shape index (κ3) is 5.34. The van der Waals surface area contributed by atoms with Crippen molar-refractivity contribution in [1.82, 2.24) is 25.4 Å². The van der Waals surface area contributed by atoms with Crippen LogP contribution in [-0.2, 0) is 13.0 Å². The summed E-state index contributed by atoms with van der Waals surface area (Å²) in [6.07, 6.45) is 4.11. The first-order valence-corrected chi connectivity index (χ1v) is 9.41. The fraction of sp³-hybridized carbons (Fsp3) is 0.150. The number of amides is 2. The standard InChI is InChI=1S/C20H19Cl2N5O/c1-2-15-9-11-27(26-15)19-5-3-4-16(25-19)8-10-23-20(28)24-13-14-6-7-17(21)18(22)12-14/h2-7,9,11-12H,1,8,10,13H2,(H2,23,24,28). The van der Waals surface area contributed by atoms with E-state index < -0.39 is 0 Å². The number of halogens is 2. The molecule has 0 saturated carbocycles. The summed E-state index contributed by atoms with van der Waals surface area (Å²) in [6, 6.07) is 12.6. The number of rotatable bonds is 7. The summed E-state index contributed by atoms with van der Waals surface area (Å²) in [5, 5.41) is 10.9. The Hall–Kier alpha value is -2.83. The number of carbonyl (C=O) groups is 1. The zero-order valence-electron chi connectivity index (χ0n) is 15.0. The summed E-state index contributed by atoms with van der Waals surface area (Å²) in [5.41, 5.74) is 2.52. The number of carbonyl (C=O) groups excluding carboxylic acids is 1. The lowest BCUT2D eigenvalue weighted by Crippen LogP contribution is -2.36. The van der Waals surface area contributed by atoms with Crippen molar-refractivity contribution in [1.29, 1.82) is 0 Å². The molecule has 2 heterocycles. The summed E-state index contributed by atoms with van der Waals surface area (Å²) in [5.74, 6) is 0.717. The van der Waals surface area contributed by atoms with E-state index in [1.54, 1.807) is 22.9 Å². The van der Waals surface area contributed by atoms with Crippen LogP contribution in [0.25, 0.3) is 11.9 Å². The SMILES string of the molecule is C=Cc1ccn(-c2cccc(CCNC(=O)NCc3ccc(Cl)c(Cl)c3)n2)n1. The van der Waals surface area contributed by atoms with E-state index in [-0.39, 0.29) is 6.03 Å². The van der Waals surface area contributed by atoms with Gasteiger partial charge < -0.3 is 10.6 Å². The summed E-state index contributed by atoms with van der Waals surface area (Å²) in [4.78, 5) is 16.5. The molecule has 8 heteroatoms. The Bertz CT molecular complexity index is 986. The van der Waals surface area contributed by atoms with Crippen LogP contribution in [0.1, 0.15) is 17.0 Å². The van der Waals surface area contributed by atoms with Gasteiger partial charge in [0.25, 0.3) is 0 Å². The van der Waals surface area contributed by atoms with Gasteiger partial charge in [-0.2, -0.15) is 5.10 Å². The predicted octanol–water partition coefficient (Wildman–Crippen LogP) is 4.26. The molecule has 0 radical (unpaired) electrons. The molecule has 3 aromatic rings. The van der Waals surface area contributed by atoms with E-state index in [2.05, 4.69) is 27.3 Å². The molecule has 0 unspecified atom stereocenters. The lowest BCUT2D eigenvalue weighted by molar-refractivity contribution is 0.240. The minimum Gasteiger partial charge on any atom is -0.338 e. The molecule has 0 atom stereocenters. The smallest absolute Gasteiger partial charge is 0.315 e. The number of nitrogens with zero attached hydrogens (tertiary/aromatic N) is 3. The van der Waals surface area contributed by atoms with Gasteiger partial charge in [-0.05, 0) is 42.0 Å². The summed E-state index contributed by atoms with van der Waals surface area (Å²) in [6.45, 7) is 4.52. The van der Waals surface area contributed by atoms with Gasteiger partial charge in [0.05, 0.1) is 15.7 Å². The van der Waals surface area contributed by atoms with E-state index in [4.69, 9.17) is 23.2 Å². The average molecular weight is 416 g/mol. The highest BCUT2D eigenvalue weighted by molar-refractivity contribution is 6.42. The van der Waals surface area contributed by atoms with Gasteiger partial charge in [0.2, 0.25) is 0 Å². The van der Waals surface area contributed by atoms with Crippen LogP contribution in [0.2, 0.25) is 10.0 Å². The summed E-state index contributed by atoms with van der Waals surface area (Å²) >= 11 is 11.9. The number of benzene rings is 1. The highest BCUT2D eigenvalue weighted by Crippen LogP contribution is 2.22. The van der Waals surface area contributed by atoms with Crippen molar-refractivity contribution >= 4 is 35.3 Å². The summed E-state index contributed by atoms with van der Waals surface area (Å²) in [7, 11) is 0. The first-order chi connectivity index (χ1) is 13.5. The second-order valence-electron chi connectivity index (χ2n) is 5.98. The van der Waals surface area contributed by atoms with Crippen LogP contribution in [0, 0.1) is 0 Å². The van der Waals surface area contributed by atoms with Crippen LogP contribution in [0.5, 0.6) is 0 Å². The predicted molar refractivity (Wildman–Crippen MR) is 112 cm³/mol. The Morgan fingerprint density at radius 2 is 2.00 bits per heavy atom. The van der Waals surface area contributed by atoms with Crippen LogP contribution >= 0.6 is 23.2 Å². The minimum atomic E-state index is -0.259. The third-order valence-electron chi connectivity index (χ3n) is 3.95. The quantitative estimate of drug-likeness (QED) is 0.605. The molecule has 28 heavy (non-hydrogen) atoms. The van der Waals surface area contributed by atoms with Gasteiger partial charge in [-0.15, -0.1) is 0 Å². The van der Waals surface area contributed by atoms with E-state index in [9.17, 15) is 4.79 Å². The van der Waals surface area contributed by atoms with Gasteiger partial charge >= 0.3 is 6.03 Å². The minimum absolute atomic E-state index is 0.259. The molecule has 0 bridgehead atoms. The van der Waals surface area contributed by atoms with Crippen molar-refractivity contribution in [3.63, 3.8) is 0 Å². The molecule has 2 amide bonds. The van der Waals surface area contributed by atoms with Crippen molar-refractivity contribution < 1.29 is 4.79 Å². The van der Waals surface area contributed by atoms with Crippen LogP contribution in [-0.4, -0.2) is 27.3 Å². The van der Waals surface area contributed by atoms with Gasteiger partial charge in [-0.1, -0.05) is 41.9 Å². The summed E-state index contributed by atoms with van der Waals surface area (Å²) < 4.78 is 1.69. The lowest BCUT2D eigenvalue weighted by Gasteiger charge is -2.09. The zero-order chi connectivity index (χ0) is 19.9. The third-order valence-corrected chi connectivity index (χ3v) is 4.69. The average Bonchev–Trinajstić information content (AvgIpc) is 3.18. The first-order valence-electron chi connectivity index (χ1n) is 8.65. The molecule has 0 aliphatic carbocycles. The molecule has 1 aromatic carbocycles. The number of pyridine rings is 1. The van der Waals surface area contributed by atoms with E-state index in [0.29, 0.717) is 29.6 Å². The van der Waals surface area contributed by atoms with Gasteiger partial charge in [-0.25, -0.2) is 14.5 Å². The Morgan fingerprint density at radius 3 is 2.75 bits per heavy atom. The van der Waals surface area contributed by atoms with Crippen LogP contribution in [0.15, 0.2) is 55.2 Å². The molecule has 2 aromatic heterocycles. The second-order valence-corrected chi connectivity index (χ2v) is 6.80. The normalized spacial score (nSPS) is 10.5. The van der Waals surface area contributed by atoms with E-state index in [1.807, 2.05) is 36.5 Å². The highest BCUT2D eigenvalue weighted by Gasteiger charge is 2.05.